The summed E-state index contributed by atoms with van der Waals surface area (Å²) >= 11 is 0. The van der Waals surface area contributed by atoms with Crippen molar-refractivity contribution in [2.45, 2.75) is 20.5 Å². The summed E-state index contributed by atoms with van der Waals surface area (Å²) in [5.41, 5.74) is 5.45. The van der Waals surface area contributed by atoms with Gasteiger partial charge in [0.1, 0.15) is 6.61 Å². The Balaban J connectivity index is 1.71. The van der Waals surface area contributed by atoms with Crippen molar-refractivity contribution in [3.8, 4) is 11.5 Å². The van der Waals surface area contributed by atoms with E-state index in [-0.39, 0.29) is 11.5 Å². The number of nitro groups is 1. The van der Waals surface area contributed by atoms with Gasteiger partial charge in [-0.2, -0.15) is 5.10 Å². The zero-order chi connectivity index (χ0) is 21.3. The van der Waals surface area contributed by atoms with Gasteiger partial charge in [-0.25, -0.2) is 4.98 Å². The number of hydrogen-bond donors (Lipinski definition) is 1. The van der Waals surface area contributed by atoms with Crippen molar-refractivity contribution in [2.24, 2.45) is 5.10 Å². The molecule has 0 saturated heterocycles. The fourth-order valence-corrected chi connectivity index (χ4v) is 2.75. The number of nitrogens with zero attached hydrogens (tertiary/aromatic N) is 3. The first kappa shape index (κ1) is 20.8. The minimum absolute atomic E-state index is 0.0712. The first-order valence-electron chi connectivity index (χ1n) is 9.40. The summed E-state index contributed by atoms with van der Waals surface area (Å²) in [4.78, 5) is 14.5. The first-order chi connectivity index (χ1) is 14.6. The van der Waals surface area contributed by atoms with Crippen LogP contribution in [0.4, 0.5) is 11.5 Å². The molecule has 1 N–H and O–H groups in total. The van der Waals surface area contributed by atoms with Crippen molar-refractivity contribution in [3.63, 3.8) is 0 Å². The number of pyridine rings is 1. The topological polar surface area (TPSA) is 98.9 Å². The van der Waals surface area contributed by atoms with Crippen LogP contribution in [0.2, 0.25) is 0 Å². The van der Waals surface area contributed by atoms with Crippen LogP contribution in [0.15, 0.2) is 65.9 Å². The fourth-order valence-electron chi connectivity index (χ4n) is 2.75. The normalized spacial score (nSPS) is 10.7. The van der Waals surface area contributed by atoms with Crippen molar-refractivity contribution in [1.29, 1.82) is 0 Å². The van der Waals surface area contributed by atoms with E-state index in [0.717, 1.165) is 11.1 Å². The molecule has 30 heavy (non-hydrogen) atoms. The van der Waals surface area contributed by atoms with E-state index < -0.39 is 4.92 Å². The lowest BCUT2D eigenvalue weighted by molar-refractivity contribution is -0.384. The molecular weight excluding hydrogens is 384 g/mol. The zero-order valence-electron chi connectivity index (χ0n) is 16.7. The van der Waals surface area contributed by atoms with Gasteiger partial charge >= 0.3 is 5.69 Å². The van der Waals surface area contributed by atoms with Gasteiger partial charge in [0.15, 0.2) is 11.5 Å². The molecule has 3 aromatic rings. The van der Waals surface area contributed by atoms with Crippen LogP contribution in [0.25, 0.3) is 0 Å². The van der Waals surface area contributed by atoms with Gasteiger partial charge in [-0.3, -0.25) is 15.5 Å². The predicted octanol–water partition coefficient (Wildman–Crippen LogP) is 4.72. The highest BCUT2D eigenvalue weighted by atomic mass is 16.6. The fraction of sp³-hybridized carbons (Fsp3) is 0.182. The largest absolute Gasteiger partial charge is 0.490 e. The van der Waals surface area contributed by atoms with Crippen molar-refractivity contribution in [1.82, 2.24) is 4.98 Å². The Hall–Kier alpha value is -3.94. The molecule has 0 aliphatic rings. The highest BCUT2D eigenvalue weighted by Crippen LogP contribution is 2.29. The molecule has 0 atom stereocenters. The number of benzene rings is 2. The van der Waals surface area contributed by atoms with Gasteiger partial charge < -0.3 is 9.47 Å². The van der Waals surface area contributed by atoms with Crippen molar-refractivity contribution >= 4 is 17.7 Å². The SMILES string of the molecule is CCOc1cc(/C=N\Nc2ncccc2[N+](=O)[O-])ccc1OCc1cccc(C)c1. The summed E-state index contributed by atoms with van der Waals surface area (Å²) in [6, 6.07) is 16.4. The van der Waals surface area contributed by atoms with E-state index >= 15 is 0 Å². The van der Waals surface area contributed by atoms with Gasteiger partial charge in [0.25, 0.3) is 0 Å². The highest BCUT2D eigenvalue weighted by molar-refractivity contribution is 5.81. The van der Waals surface area contributed by atoms with E-state index in [1.807, 2.05) is 44.2 Å². The van der Waals surface area contributed by atoms with Gasteiger partial charge in [0, 0.05) is 12.3 Å². The van der Waals surface area contributed by atoms with E-state index in [1.54, 1.807) is 6.07 Å². The molecule has 1 aromatic heterocycles. The van der Waals surface area contributed by atoms with Gasteiger partial charge in [-0.15, -0.1) is 0 Å². The molecule has 8 nitrogen and oxygen atoms in total. The molecule has 0 fully saturated rings. The summed E-state index contributed by atoms with van der Waals surface area (Å²) in [6.07, 6.45) is 2.99. The van der Waals surface area contributed by atoms with Crippen LogP contribution in [0, 0.1) is 17.0 Å². The molecule has 0 aliphatic heterocycles. The molecule has 0 saturated carbocycles. The average molecular weight is 406 g/mol. The maximum absolute atomic E-state index is 11.0. The maximum Gasteiger partial charge on any atom is 0.313 e. The quantitative estimate of drug-likeness (QED) is 0.314. The Bertz CT molecular complexity index is 1050. The Morgan fingerprint density at radius 2 is 2.00 bits per heavy atom. The molecule has 0 aliphatic carbocycles. The second kappa shape index (κ2) is 10.0. The summed E-state index contributed by atoms with van der Waals surface area (Å²) in [5.74, 6) is 1.30. The maximum atomic E-state index is 11.0. The highest BCUT2D eigenvalue weighted by Gasteiger charge is 2.13. The van der Waals surface area contributed by atoms with E-state index in [0.29, 0.717) is 24.7 Å². The number of aromatic nitrogens is 1. The minimum atomic E-state index is -0.515. The number of nitrogens with one attached hydrogen (secondary N) is 1. The van der Waals surface area contributed by atoms with Crippen molar-refractivity contribution < 1.29 is 14.4 Å². The second-order valence-electron chi connectivity index (χ2n) is 6.42. The molecule has 0 unspecified atom stereocenters. The monoisotopic (exact) mass is 406 g/mol. The van der Waals surface area contributed by atoms with Gasteiger partial charge in [-0.1, -0.05) is 29.8 Å². The first-order valence-corrected chi connectivity index (χ1v) is 9.40. The van der Waals surface area contributed by atoms with Gasteiger partial charge in [0.2, 0.25) is 5.82 Å². The summed E-state index contributed by atoms with van der Waals surface area (Å²) in [7, 11) is 0. The van der Waals surface area contributed by atoms with Gasteiger partial charge in [-0.05, 0) is 49.2 Å². The molecule has 8 heteroatoms. The lowest BCUT2D eigenvalue weighted by atomic mass is 10.1. The number of anilines is 1. The van der Waals surface area contributed by atoms with Crippen LogP contribution < -0.4 is 14.9 Å². The van der Waals surface area contributed by atoms with Crippen LogP contribution >= 0.6 is 0 Å². The van der Waals surface area contributed by atoms with Crippen LogP contribution in [0.1, 0.15) is 23.6 Å². The molecule has 0 spiro atoms. The molecule has 0 radical (unpaired) electrons. The van der Waals surface area contributed by atoms with Gasteiger partial charge in [0.05, 0.1) is 17.7 Å². The minimum Gasteiger partial charge on any atom is -0.490 e. The molecule has 0 amide bonds. The van der Waals surface area contributed by atoms with Crippen LogP contribution in [0.5, 0.6) is 11.5 Å². The Morgan fingerprint density at radius 3 is 2.77 bits per heavy atom. The predicted molar refractivity (Wildman–Crippen MR) is 115 cm³/mol. The summed E-state index contributed by atoms with van der Waals surface area (Å²) in [5, 5.41) is 15.1. The van der Waals surface area contributed by atoms with E-state index in [4.69, 9.17) is 9.47 Å². The molecule has 1 heterocycles. The summed E-state index contributed by atoms with van der Waals surface area (Å²) in [6.45, 7) is 4.85. The van der Waals surface area contributed by atoms with E-state index in [1.165, 1.54) is 30.1 Å². The lowest BCUT2D eigenvalue weighted by Crippen LogP contribution is -2.01. The molecule has 154 valence electrons. The standard InChI is InChI=1S/C22H22N4O4/c1-3-29-21-13-17(14-24-25-22-19(26(27)28)8-5-11-23-22)9-10-20(21)30-15-18-7-4-6-16(2)12-18/h4-14H,3,15H2,1-2H3,(H,23,25)/b24-14-. The zero-order valence-corrected chi connectivity index (χ0v) is 16.7. The lowest BCUT2D eigenvalue weighted by Gasteiger charge is -2.13. The molecule has 2 aromatic carbocycles. The smallest absolute Gasteiger partial charge is 0.313 e. The Kier molecular flexibility index (Phi) is 6.94. The third-order valence-corrected chi connectivity index (χ3v) is 4.11. The number of ether oxygens (including phenoxy) is 2. The summed E-state index contributed by atoms with van der Waals surface area (Å²) < 4.78 is 11.6. The van der Waals surface area contributed by atoms with Crippen molar-refractivity contribution in [3.05, 3.63) is 87.6 Å². The third-order valence-electron chi connectivity index (χ3n) is 4.11. The van der Waals surface area contributed by atoms with Crippen LogP contribution in [-0.2, 0) is 6.61 Å². The van der Waals surface area contributed by atoms with E-state index in [9.17, 15) is 10.1 Å². The number of hydrazone groups is 1. The molecular formula is C22H22N4O4. The third kappa shape index (κ3) is 5.54. The number of aryl methyl sites for hydroxylation is 1. The van der Waals surface area contributed by atoms with Crippen molar-refractivity contribution in [2.75, 3.05) is 12.0 Å². The second-order valence-corrected chi connectivity index (χ2v) is 6.42. The average Bonchev–Trinajstić information content (AvgIpc) is 2.74. The number of hydrogen-bond acceptors (Lipinski definition) is 7. The van der Waals surface area contributed by atoms with E-state index in [2.05, 4.69) is 21.6 Å². The Morgan fingerprint density at radius 1 is 1.13 bits per heavy atom. The molecule has 0 bridgehead atoms. The van der Waals surface area contributed by atoms with Crippen LogP contribution in [-0.4, -0.2) is 22.7 Å². The molecule has 3 rings (SSSR count). The number of rotatable bonds is 9. The van der Waals surface area contributed by atoms with Crippen LogP contribution in [0.3, 0.4) is 0 Å². The Labute approximate surface area is 174 Å².